The molecule has 1 N–H and O–H groups in total. The van der Waals surface area contributed by atoms with Gasteiger partial charge < -0.3 is 9.84 Å². The molecule has 1 aliphatic rings. The number of hydrogen-bond donors (Lipinski definition) is 1. The van der Waals surface area contributed by atoms with Gasteiger partial charge in [-0.3, -0.25) is 0 Å². The first-order chi connectivity index (χ1) is 9.54. The number of rotatable bonds is 1. The lowest BCUT2D eigenvalue weighted by Gasteiger charge is -2.30. The molecule has 0 aromatic heterocycles. The largest absolute Gasteiger partial charge is 0.485 e. The summed E-state index contributed by atoms with van der Waals surface area (Å²) in [5, 5.41) is 10.1. The number of aryl methyl sites for hydroxylation is 1. The molecule has 0 aliphatic carbocycles. The molecule has 2 nitrogen and oxygen atoms in total. The van der Waals surface area contributed by atoms with Crippen LogP contribution in [0.25, 0.3) is 0 Å². The van der Waals surface area contributed by atoms with Crippen LogP contribution in [0, 0.1) is 18.6 Å². The normalized spacial score (nSPS) is 21.2. The van der Waals surface area contributed by atoms with E-state index in [-0.39, 0.29) is 5.82 Å². The average Bonchev–Trinajstić information content (AvgIpc) is 2.41. The van der Waals surface area contributed by atoms with Gasteiger partial charge in [-0.2, -0.15) is 0 Å². The summed E-state index contributed by atoms with van der Waals surface area (Å²) < 4.78 is 32.3. The zero-order valence-corrected chi connectivity index (χ0v) is 10.9. The second kappa shape index (κ2) is 4.87. The highest BCUT2D eigenvalue weighted by Gasteiger charge is 2.28. The Kier molecular flexibility index (Phi) is 3.18. The van der Waals surface area contributed by atoms with Crippen LogP contribution in [0.15, 0.2) is 36.4 Å². The zero-order valence-electron chi connectivity index (χ0n) is 10.9. The molecule has 0 saturated heterocycles. The third-order valence-corrected chi connectivity index (χ3v) is 3.59. The van der Waals surface area contributed by atoms with Crippen LogP contribution < -0.4 is 4.74 Å². The van der Waals surface area contributed by atoms with Crippen molar-refractivity contribution in [3.05, 3.63) is 64.7 Å². The fourth-order valence-electron chi connectivity index (χ4n) is 2.49. The lowest BCUT2D eigenvalue weighted by atomic mass is 9.94. The minimum Gasteiger partial charge on any atom is -0.485 e. The van der Waals surface area contributed by atoms with Crippen molar-refractivity contribution in [2.45, 2.75) is 25.6 Å². The average molecular weight is 276 g/mol. The van der Waals surface area contributed by atoms with Crippen LogP contribution in [-0.2, 0) is 0 Å². The lowest BCUT2D eigenvalue weighted by molar-refractivity contribution is 0.0653. The van der Waals surface area contributed by atoms with E-state index in [2.05, 4.69) is 0 Å². The maximum absolute atomic E-state index is 13.3. The molecule has 0 saturated carbocycles. The summed E-state index contributed by atoms with van der Waals surface area (Å²) >= 11 is 0. The Morgan fingerprint density at radius 3 is 2.70 bits per heavy atom. The van der Waals surface area contributed by atoms with Crippen LogP contribution in [0.2, 0.25) is 0 Å². The molecular weight excluding hydrogens is 262 g/mol. The summed E-state index contributed by atoms with van der Waals surface area (Å²) in [4.78, 5) is 0. The number of ether oxygens (including phenoxy) is 1. The van der Waals surface area contributed by atoms with Crippen molar-refractivity contribution >= 4 is 0 Å². The van der Waals surface area contributed by atoms with E-state index in [1.54, 1.807) is 19.1 Å². The van der Waals surface area contributed by atoms with E-state index in [9.17, 15) is 13.9 Å². The second-order valence-corrected chi connectivity index (χ2v) is 5.05. The molecule has 20 heavy (non-hydrogen) atoms. The molecule has 2 aromatic rings. The minimum absolute atomic E-state index is 0.281. The van der Waals surface area contributed by atoms with Gasteiger partial charge in [0.25, 0.3) is 0 Å². The number of hydrogen-bond acceptors (Lipinski definition) is 2. The summed E-state index contributed by atoms with van der Waals surface area (Å²) in [5.41, 5.74) is 1.88. The minimum atomic E-state index is -0.713. The van der Waals surface area contributed by atoms with Crippen molar-refractivity contribution in [1.29, 1.82) is 0 Å². The van der Waals surface area contributed by atoms with Gasteiger partial charge in [-0.15, -0.1) is 0 Å². The van der Waals surface area contributed by atoms with Crippen LogP contribution in [0.4, 0.5) is 8.78 Å². The number of aliphatic hydroxyl groups excluding tert-OH is 1. The Morgan fingerprint density at radius 1 is 1.15 bits per heavy atom. The van der Waals surface area contributed by atoms with Crippen LogP contribution in [0.5, 0.6) is 5.75 Å². The van der Waals surface area contributed by atoms with Gasteiger partial charge in [0.15, 0.2) is 0 Å². The number of halogens is 2. The van der Waals surface area contributed by atoms with Crippen molar-refractivity contribution in [2.75, 3.05) is 0 Å². The maximum Gasteiger partial charge on any atom is 0.128 e. The molecule has 0 bridgehead atoms. The highest BCUT2D eigenvalue weighted by Crippen LogP contribution is 2.41. The molecule has 1 aliphatic heterocycles. The van der Waals surface area contributed by atoms with Crippen LogP contribution >= 0.6 is 0 Å². The van der Waals surface area contributed by atoms with Gasteiger partial charge in [0.1, 0.15) is 23.5 Å². The Morgan fingerprint density at radius 2 is 1.95 bits per heavy atom. The molecule has 3 rings (SSSR count). The molecule has 0 spiro atoms. The first kappa shape index (κ1) is 13.1. The molecule has 2 atom stereocenters. The third-order valence-electron chi connectivity index (χ3n) is 3.59. The molecular formula is C16H14F2O2. The SMILES string of the molecule is Cc1cc(C2CC(O)c3ccc(F)cc3O2)ccc1F. The Bertz CT molecular complexity index is 655. The molecule has 0 amide bonds. The van der Waals surface area contributed by atoms with E-state index >= 15 is 0 Å². The standard InChI is InChI=1S/C16H14F2O2/c1-9-6-10(2-5-13(9)18)15-8-14(19)12-4-3-11(17)7-16(12)20-15/h2-7,14-15,19H,8H2,1H3. The van der Waals surface area contributed by atoms with Crippen molar-refractivity contribution in [1.82, 2.24) is 0 Å². The number of benzene rings is 2. The fourth-order valence-corrected chi connectivity index (χ4v) is 2.49. The van der Waals surface area contributed by atoms with Gasteiger partial charge in [0.05, 0.1) is 6.10 Å². The van der Waals surface area contributed by atoms with Crippen molar-refractivity contribution in [3.63, 3.8) is 0 Å². The van der Waals surface area contributed by atoms with Crippen molar-refractivity contribution in [2.24, 2.45) is 0 Å². The Labute approximate surface area is 115 Å². The predicted molar refractivity (Wildman–Crippen MR) is 70.5 cm³/mol. The predicted octanol–water partition coefficient (Wildman–Crippen LogP) is 3.83. The van der Waals surface area contributed by atoms with E-state index in [0.717, 1.165) is 5.56 Å². The molecule has 2 unspecified atom stereocenters. The molecule has 4 heteroatoms. The monoisotopic (exact) mass is 276 g/mol. The first-order valence-electron chi connectivity index (χ1n) is 6.45. The highest BCUT2D eigenvalue weighted by molar-refractivity contribution is 5.39. The topological polar surface area (TPSA) is 29.5 Å². The lowest BCUT2D eigenvalue weighted by Crippen LogP contribution is -2.19. The second-order valence-electron chi connectivity index (χ2n) is 5.05. The van der Waals surface area contributed by atoms with Gasteiger partial charge in [-0.1, -0.05) is 6.07 Å². The fraction of sp³-hybridized carbons (Fsp3) is 0.250. The Balaban J connectivity index is 1.96. The molecule has 0 fully saturated rings. The molecule has 2 aromatic carbocycles. The van der Waals surface area contributed by atoms with Gasteiger partial charge in [0, 0.05) is 18.1 Å². The molecule has 1 heterocycles. The van der Waals surface area contributed by atoms with Crippen LogP contribution in [-0.4, -0.2) is 5.11 Å². The quantitative estimate of drug-likeness (QED) is 0.857. The summed E-state index contributed by atoms with van der Waals surface area (Å²) in [6.45, 7) is 1.67. The third kappa shape index (κ3) is 2.27. The van der Waals surface area contributed by atoms with Crippen molar-refractivity contribution < 1.29 is 18.6 Å². The summed E-state index contributed by atoms with van der Waals surface area (Å²) in [6.07, 6.45) is -0.753. The maximum atomic E-state index is 13.3. The molecule has 104 valence electrons. The van der Waals surface area contributed by atoms with E-state index < -0.39 is 18.0 Å². The molecule has 0 radical (unpaired) electrons. The van der Waals surface area contributed by atoms with Gasteiger partial charge >= 0.3 is 0 Å². The summed E-state index contributed by atoms with van der Waals surface area (Å²) in [5.74, 6) is -0.348. The number of fused-ring (bicyclic) bond motifs is 1. The van der Waals surface area contributed by atoms with Gasteiger partial charge in [-0.25, -0.2) is 8.78 Å². The van der Waals surface area contributed by atoms with Crippen molar-refractivity contribution in [3.8, 4) is 5.75 Å². The van der Waals surface area contributed by atoms with E-state index in [1.165, 1.54) is 24.3 Å². The smallest absolute Gasteiger partial charge is 0.128 e. The summed E-state index contributed by atoms with van der Waals surface area (Å²) in [7, 11) is 0. The van der Waals surface area contributed by atoms with Crippen LogP contribution in [0.1, 0.15) is 35.3 Å². The highest BCUT2D eigenvalue weighted by atomic mass is 19.1. The Hall–Kier alpha value is -1.94. The van der Waals surface area contributed by atoms with E-state index in [0.29, 0.717) is 23.3 Å². The van der Waals surface area contributed by atoms with E-state index in [1.807, 2.05) is 0 Å². The number of aliphatic hydroxyl groups is 1. The van der Waals surface area contributed by atoms with Gasteiger partial charge in [0.2, 0.25) is 0 Å². The van der Waals surface area contributed by atoms with Gasteiger partial charge in [-0.05, 0) is 42.3 Å². The first-order valence-corrected chi connectivity index (χ1v) is 6.45. The summed E-state index contributed by atoms with van der Waals surface area (Å²) in [6, 6.07) is 8.79. The van der Waals surface area contributed by atoms with Crippen LogP contribution in [0.3, 0.4) is 0 Å². The zero-order chi connectivity index (χ0) is 14.3. The van der Waals surface area contributed by atoms with E-state index in [4.69, 9.17) is 4.74 Å².